The minimum atomic E-state index is -0.918. The second kappa shape index (κ2) is 20.1. The molecule has 0 amide bonds. The highest BCUT2D eigenvalue weighted by Crippen LogP contribution is 2.36. The lowest BCUT2D eigenvalue weighted by atomic mass is 9.75. The molecule has 1 aliphatic carbocycles. The van der Waals surface area contributed by atoms with Crippen LogP contribution in [0.3, 0.4) is 0 Å². The lowest BCUT2D eigenvalue weighted by Gasteiger charge is -2.36. The number of hydrogen-bond acceptors (Lipinski definition) is 11. The Hall–Kier alpha value is -5.00. The number of carbonyl (C=O) groups is 4. The van der Waals surface area contributed by atoms with Crippen molar-refractivity contribution in [1.29, 1.82) is 0 Å². The van der Waals surface area contributed by atoms with Crippen LogP contribution in [-0.2, 0) is 28.5 Å². The molecule has 278 valence electrons. The number of esters is 3. The van der Waals surface area contributed by atoms with E-state index in [0.29, 0.717) is 34.6 Å². The predicted octanol–water partition coefficient (Wildman–Crippen LogP) is 7.86. The van der Waals surface area contributed by atoms with Crippen LogP contribution in [0.25, 0.3) is 11.1 Å². The molecule has 3 aromatic rings. The fourth-order valence-electron chi connectivity index (χ4n) is 5.74. The third-order valence-electron chi connectivity index (χ3n) is 8.66. The van der Waals surface area contributed by atoms with Crippen LogP contribution in [0.1, 0.15) is 67.7 Å². The van der Waals surface area contributed by atoms with Crippen molar-refractivity contribution >= 4 is 24.1 Å². The van der Waals surface area contributed by atoms with Gasteiger partial charge in [-0.05, 0) is 97.2 Å². The summed E-state index contributed by atoms with van der Waals surface area (Å²) in [6, 6.07) is 20.2. The minimum absolute atomic E-state index is 0.0308. The van der Waals surface area contributed by atoms with Crippen LogP contribution in [0.5, 0.6) is 11.5 Å². The van der Waals surface area contributed by atoms with E-state index in [-0.39, 0.29) is 63.0 Å². The molecule has 52 heavy (non-hydrogen) atoms. The first-order chi connectivity index (χ1) is 25.0. The van der Waals surface area contributed by atoms with Gasteiger partial charge in [0.05, 0.1) is 37.6 Å². The van der Waals surface area contributed by atoms with Crippen molar-refractivity contribution in [3.63, 3.8) is 0 Å². The molecule has 1 fully saturated rings. The molecule has 0 radical (unpaired) electrons. The molecule has 11 nitrogen and oxygen atoms in total. The van der Waals surface area contributed by atoms with Crippen LogP contribution in [0.4, 0.5) is 4.79 Å². The Balaban J connectivity index is 1.15. The summed E-state index contributed by atoms with van der Waals surface area (Å²) in [5.41, 5.74) is 2.91. The van der Waals surface area contributed by atoms with Crippen LogP contribution in [0, 0.1) is 17.8 Å². The Morgan fingerprint density at radius 3 is 1.77 bits per heavy atom. The van der Waals surface area contributed by atoms with E-state index in [9.17, 15) is 19.2 Å². The largest absolute Gasteiger partial charge is 0.513 e. The molecule has 4 rings (SSSR count). The molecular formula is C41H48O11. The van der Waals surface area contributed by atoms with E-state index < -0.39 is 18.1 Å². The zero-order valence-corrected chi connectivity index (χ0v) is 30.3. The lowest BCUT2D eigenvalue weighted by Crippen LogP contribution is -2.35. The molecule has 0 aliphatic heterocycles. The molecule has 3 unspecified atom stereocenters. The van der Waals surface area contributed by atoms with Crippen molar-refractivity contribution in [3.8, 4) is 22.6 Å². The molecule has 0 bridgehead atoms. The monoisotopic (exact) mass is 716 g/mol. The quantitative estimate of drug-likeness (QED) is 0.0338. The second-order valence-corrected chi connectivity index (χ2v) is 13.1. The molecule has 0 N–H and O–H groups in total. The molecule has 0 aromatic heterocycles. The summed E-state index contributed by atoms with van der Waals surface area (Å²) in [6.07, 6.45) is 2.18. The van der Waals surface area contributed by atoms with Gasteiger partial charge in [-0.3, -0.25) is 0 Å². The zero-order valence-electron chi connectivity index (χ0n) is 30.3. The molecule has 3 atom stereocenters. The van der Waals surface area contributed by atoms with E-state index >= 15 is 0 Å². The first-order valence-electron chi connectivity index (χ1n) is 17.6. The number of hydrogen-bond donors (Lipinski definition) is 0. The summed E-state index contributed by atoms with van der Waals surface area (Å²) < 4.78 is 37.1. The molecule has 1 saturated carbocycles. The highest BCUT2D eigenvalue weighted by atomic mass is 16.7. The van der Waals surface area contributed by atoms with Crippen LogP contribution < -0.4 is 9.47 Å². The Labute approximate surface area is 305 Å². The number of carbonyl (C=O) groups excluding carboxylic acids is 4. The maximum Gasteiger partial charge on any atom is 0.513 e. The minimum Gasteiger partial charge on any atom is -0.460 e. The first-order valence-corrected chi connectivity index (χ1v) is 17.6. The predicted molar refractivity (Wildman–Crippen MR) is 193 cm³/mol. The fraction of sp³-hybridized carbons (Fsp3) is 0.415. The Bertz CT molecular complexity index is 1630. The van der Waals surface area contributed by atoms with Crippen molar-refractivity contribution in [2.24, 2.45) is 17.8 Å². The van der Waals surface area contributed by atoms with Gasteiger partial charge in [0, 0.05) is 5.57 Å². The van der Waals surface area contributed by atoms with E-state index in [4.69, 9.17) is 33.2 Å². The van der Waals surface area contributed by atoms with E-state index in [1.807, 2.05) is 24.3 Å². The summed E-state index contributed by atoms with van der Waals surface area (Å²) >= 11 is 0. The van der Waals surface area contributed by atoms with Crippen LogP contribution in [-0.4, -0.2) is 69.8 Å². The van der Waals surface area contributed by atoms with E-state index in [2.05, 4.69) is 27.4 Å². The van der Waals surface area contributed by atoms with Gasteiger partial charge in [0.25, 0.3) is 0 Å². The number of benzene rings is 3. The first kappa shape index (κ1) is 39.8. The molecule has 11 heteroatoms. The Morgan fingerprint density at radius 2 is 1.17 bits per heavy atom. The van der Waals surface area contributed by atoms with Gasteiger partial charge in [-0.2, -0.15) is 0 Å². The van der Waals surface area contributed by atoms with Gasteiger partial charge in [-0.25, -0.2) is 19.2 Å². The summed E-state index contributed by atoms with van der Waals surface area (Å²) in [5.74, 6) is 0.604. The lowest BCUT2D eigenvalue weighted by molar-refractivity contribution is -0.140. The van der Waals surface area contributed by atoms with Gasteiger partial charge in [-0.15, -0.1) is 0 Å². The molecule has 1 aliphatic rings. The third kappa shape index (κ3) is 12.6. The Morgan fingerprint density at radius 1 is 0.673 bits per heavy atom. The smallest absolute Gasteiger partial charge is 0.460 e. The summed E-state index contributed by atoms with van der Waals surface area (Å²) in [5, 5.41) is 0. The second-order valence-electron chi connectivity index (χ2n) is 13.1. The van der Waals surface area contributed by atoms with Crippen molar-refractivity contribution in [3.05, 3.63) is 96.1 Å². The number of rotatable bonds is 17. The Kier molecular flexibility index (Phi) is 15.4. The van der Waals surface area contributed by atoms with Gasteiger partial charge < -0.3 is 33.2 Å². The van der Waals surface area contributed by atoms with Gasteiger partial charge in [0.2, 0.25) is 0 Å². The fourth-order valence-corrected chi connectivity index (χ4v) is 5.74. The van der Waals surface area contributed by atoms with Crippen molar-refractivity contribution < 1.29 is 52.3 Å². The highest BCUT2D eigenvalue weighted by Gasteiger charge is 2.33. The van der Waals surface area contributed by atoms with Crippen molar-refractivity contribution in [2.75, 3.05) is 39.6 Å². The van der Waals surface area contributed by atoms with E-state index in [0.717, 1.165) is 24.0 Å². The standard InChI is InChI=1S/C41H48O11/c1-27(2)36-19-6-29(5)26-37(36)52-40(44)32-9-7-30(8-10-32)31-11-15-34(16-12-31)50-39(43)33-13-17-35(18-14-33)51-41(45)49-25-23-47-21-20-46-22-24-48-38(42)28(3)4/h7-18,27,29,36-37H,3,6,19-26H2,1-2,4-5H3. The zero-order chi connectivity index (χ0) is 37.5. The topological polar surface area (TPSA) is 133 Å². The normalized spacial score (nSPS) is 16.8. The molecule has 0 heterocycles. The summed E-state index contributed by atoms with van der Waals surface area (Å²) in [7, 11) is 0. The summed E-state index contributed by atoms with van der Waals surface area (Å²) in [4.78, 5) is 48.9. The van der Waals surface area contributed by atoms with Crippen molar-refractivity contribution in [2.45, 2.75) is 53.1 Å². The highest BCUT2D eigenvalue weighted by molar-refractivity contribution is 5.91. The van der Waals surface area contributed by atoms with Gasteiger partial charge in [-0.1, -0.05) is 58.0 Å². The molecule has 0 spiro atoms. The SMILES string of the molecule is C=C(C)C(=O)OCCOCCOCCOC(=O)Oc1ccc(C(=O)Oc2ccc(-c3ccc(C(=O)OC4CC(C)CCC4C(C)C)cc3)cc2)cc1. The molecular weight excluding hydrogens is 668 g/mol. The van der Waals surface area contributed by atoms with Crippen LogP contribution in [0.2, 0.25) is 0 Å². The van der Waals surface area contributed by atoms with E-state index in [1.165, 1.54) is 30.7 Å². The van der Waals surface area contributed by atoms with Gasteiger partial charge in [0.1, 0.15) is 30.8 Å². The third-order valence-corrected chi connectivity index (χ3v) is 8.66. The van der Waals surface area contributed by atoms with Crippen LogP contribution in [0.15, 0.2) is 84.9 Å². The van der Waals surface area contributed by atoms with Crippen molar-refractivity contribution in [1.82, 2.24) is 0 Å². The average Bonchev–Trinajstić information content (AvgIpc) is 3.12. The van der Waals surface area contributed by atoms with Crippen LogP contribution >= 0.6 is 0 Å². The maximum absolute atomic E-state index is 13.0. The van der Waals surface area contributed by atoms with Gasteiger partial charge in [0.15, 0.2) is 0 Å². The van der Waals surface area contributed by atoms with Gasteiger partial charge >= 0.3 is 24.1 Å². The molecule has 0 saturated heterocycles. The van der Waals surface area contributed by atoms with E-state index in [1.54, 1.807) is 31.2 Å². The maximum atomic E-state index is 13.0. The average molecular weight is 717 g/mol. The number of ether oxygens (including phenoxy) is 7. The molecule has 3 aromatic carbocycles. The summed E-state index contributed by atoms with van der Waals surface area (Å²) in [6.45, 7) is 12.7.